The zero-order valence-corrected chi connectivity index (χ0v) is 19.8. The Balaban J connectivity index is 1.58. The smallest absolute Gasteiger partial charge is 0.251 e. The van der Waals surface area contributed by atoms with Gasteiger partial charge in [0.2, 0.25) is 5.91 Å². The van der Waals surface area contributed by atoms with Crippen LogP contribution >= 0.6 is 0 Å². The SMILES string of the molecule is Cc1cc(C)nc(-n2nc(C)c(CC(=O)NC3CCN(CCS(C)(=O)=O)CC3)c2C)n1. The average molecular weight is 449 g/mol. The lowest BCUT2D eigenvalue weighted by Gasteiger charge is -2.32. The van der Waals surface area contributed by atoms with Gasteiger partial charge in [-0.25, -0.2) is 23.1 Å². The van der Waals surface area contributed by atoms with Crippen molar-refractivity contribution in [2.75, 3.05) is 31.6 Å². The third-order valence-corrected chi connectivity index (χ3v) is 6.59. The highest BCUT2D eigenvalue weighted by Crippen LogP contribution is 2.18. The quantitative estimate of drug-likeness (QED) is 0.674. The minimum Gasteiger partial charge on any atom is -0.353 e. The number of aryl methyl sites for hydroxylation is 3. The molecule has 2 aromatic rings. The van der Waals surface area contributed by atoms with Crippen molar-refractivity contribution in [2.45, 2.75) is 53.0 Å². The van der Waals surface area contributed by atoms with Gasteiger partial charge in [-0.05, 0) is 46.6 Å². The van der Waals surface area contributed by atoms with Gasteiger partial charge in [-0.1, -0.05) is 0 Å². The number of nitrogens with one attached hydrogen (secondary N) is 1. The number of sulfone groups is 1. The Labute approximate surface area is 184 Å². The molecule has 0 atom stereocenters. The summed E-state index contributed by atoms with van der Waals surface area (Å²) in [5, 5.41) is 7.70. The van der Waals surface area contributed by atoms with E-state index in [1.54, 1.807) is 4.68 Å². The molecule has 0 aromatic carbocycles. The molecule has 1 aliphatic rings. The van der Waals surface area contributed by atoms with Gasteiger partial charge in [-0.15, -0.1) is 0 Å². The van der Waals surface area contributed by atoms with Crippen molar-refractivity contribution in [3.05, 3.63) is 34.4 Å². The van der Waals surface area contributed by atoms with Gasteiger partial charge in [0.05, 0.1) is 17.9 Å². The zero-order valence-electron chi connectivity index (χ0n) is 19.0. The summed E-state index contributed by atoms with van der Waals surface area (Å²) in [5.41, 5.74) is 4.31. The molecule has 0 radical (unpaired) electrons. The maximum atomic E-state index is 12.7. The van der Waals surface area contributed by atoms with Crippen molar-refractivity contribution in [3.63, 3.8) is 0 Å². The number of nitrogens with zero attached hydrogens (tertiary/aromatic N) is 5. The van der Waals surface area contributed by atoms with Crippen LogP contribution in [0.25, 0.3) is 5.95 Å². The predicted octanol–water partition coefficient (Wildman–Crippen LogP) is 1.06. The van der Waals surface area contributed by atoms with Gasteiger partial charge < -0.3 is 10.2 Å². The monoisotopic (exact) mass is 448 g/mol. The van der Waals surface area contributed by atoms with Gasteiger partial charge in [0.15, 0.2) is 0 Å². The van der Waals surface area contributed by atoms with E-state index in [1.165, 1.54) is 6.26 Å². The predicted molar refractivity (Wildman–Crippen MR) is 119 cm³/mol. The van der Waals surface area contributed by atoms with E-state index in [0.717, 1.165) is 54.3 Å². The summed E-state index contributed by atoms with van der Waals surface area (Å²) in [6, 6.07) is 2.02. The lowest BCUT2D eigenvalue weighted by molar-refractivity contribution is -0.121. The standard InChI is InChI=1S/C21H32N6O3S/c1-14-12-15(2)23-21(22-14)27-17(4)19(16(3)25-27)13-20(28)24-18-6-8-26(9-7-18)10-11-31(5,29)30/h12,18H,6-11,13H2,1-5H3,(H,24,28). The topological polar surface area (TPSA) is 110 Å². The first kappa shape index (κ1) is 23.3. The van der Waals surface area contributed by atoms with Crippen LogP contribution in [0.5, 0.6) is 0 Å². The first-order valence-electron chi connectivity index (χ1n) is 10.6. The number of hydrogen-bond donors (Lipinski definition) is 1. The van der Waals surface area contributed by atoms with E-state index in [-0.39, 0.29) is 24.1 Å². The Hall–Kier alpha value is -2.33. The van der Waals surface area contributed by atoms with Crippen LogP contribution in [0.4, 0.5) is 0 Å². The second kappa shape index (κ2) is 9.44. The maximum absolute atomic E-state index is 12.7. The Morgan fingerprint density at radius 3 is 2.32 bits per heavy atom. The summed E-state index contributed by atoms with van der Waals surface area (Å²) in [5.74, 6) is 0.671. The first-order valence-corrected chi connectivity index (χ1v) is 12.6. The van der Waals surface area contributed by atoms with E-state index < -0.39 is 9.84 Å². The molecule has 1 amide bonds. The summed E-state index contributed by atoms with van der Waals surface area (Å²) >= 11 is 0. The Bertz CT molecular complexity index is 1040. The highest BCUT2D eigenvalue weighted by atomic mass is 32.2. The number of aromatic nitrogens is 4. The molecular formula is C21H32N6O3S. The van der Waals surface area contributed by atoms with Crippen LogP contribution in [0.2, 0.25) is 0 Å². The van der Waals surface area contributed by atoms with Gasteiger partial charge in [0, 0.05) is 54.6 Å². The minimum absolute atomic E-state index is 0.0262. The van der Waals surface area contributed by atoms with Crippen LogP contribution in [0, 0.1) is 27.7 Å². The van der Waals surface area contributed by atoms with E-state index in [0.29, 0.717) is 12.5 Å². The number of amides is 1. The lowest BCUT2D eigenvalue weighted by Crippen LogP contribution is -2.46. The second-order valence-corrected chi connectivity index (χ2v) is 10.8. The van der Waals surface area contributed by atoms with Crippen molar-refractivity contribution < 1.29 is 13.2 Å². The maximum Gasteiger partial charge on any atom is 0.251 e. The second-order valence-electron chi connectivity index (χ2n) is 8.50. The summed E-state index contributed by atoms with van der Waals surface area (Å²) in [4.78, 5) is 23.8. The van der Waals surface area contributed by atoms with E-state index >= 15 is 0 Å². The average Bonchev–Trinajstić information content (AvgIpc) is 2.94. The summed E-state index contributed by atoms with van der Waals surface area (Å²) in [6.07, 6.45) is 3.17. The Kier molecular flexibility index (Phi) is 7.10. The largest absolute Gasteiger partial charge is 0.353 e. The molecule has 1 N–H and O–H groups in total. The van der Waals surface area contributed by atoms with Crippen molar-refractivity contribution in [1.82, 2.24) is 30.0 Å². The molecule has 9 nitrogen and oxygen atoms in total. The fourth-order valence-electron chi connectivity index (χ4n) is 3.96. The van der Waals surface area contributed by atoms with Crippen LogP contribution in [0.1, 0.15) is 41.2 Å². The molecule has 0 aliphatic carbocycles. The number of carbonyl (C=O) groups excluding carboxylic acids is 1. The van der Waals surface area contributed by atoms with Crippen molar-refractivity contribution in [3.8, 4) is 5.95 Å². The molecule has 0 saturated carbocycles. The molecule has 10 heteroatoms. The molecule has 3 heterocycles. The summed E-state index contributed by atoms with van der Waals surface area (Å²) in [7, 11) is -2.95. The fourth-order valence-corrected chi connectivity index (χ4v) is 4.55. The third kappa shape index (κ3) is 6.33. The third-order valence-electron chi connectivity index (χ3n) is 5.67. The number of rotatable bonds is 7. The molecule has 2 aromatic heterocycles. The normalized spacial score (nSPS) is 15.9. The van der Waals surface area contributed by atoms with E-state index in [1.807, 2.05) is 33.8 Å². The highest BCUT2D eigenvalue weighted by molar-refractivity contribution is 7.90. The molecule has 31 heavy (non-hydrogen) atoms. The number of carbonyl (C=O) groups is 1. The zero-order chi connectivity index (χ0) is 22.8. The van der Waals surface area contributed by atoms with Crippen LogP contribution < -0.4 is 5.32 Å². The van der Waals surface area contributed by atoms with Crippen LogP contribution in [0.15, 0.2) is 6.07 Å². The van der Waals surface area contributed by atoms with Gasteiger partial charge in [0.1, 0.15) is 9.84 Å². The molecule has 1 fully saturated rings. The first-order chi connectivity index (χ1) is 14.5. The minimum atomic E-state index is -2.95. The Morgan fingerprint density at radius 2 is 1.74 bits per heavy atom. The number of likely N-dealkylation sites (tertiary alicyclic amines) is 1. The molecule has 0 spiro atoms. The van der Waals surface area contributed by atoms with Gasteiger partial charge in [-0.3, -0.25) is 4.79 Å². The van der Waals surface area contributed by atoms with Crippen molar-refractivity contribution >= 4 is 15.7 Å². The highest BCUT2D eigenvalue weighted by Gasteiger charge is 2.23. The lowest BCUT2D eigenvalue weighted by atomic mass is 10.0. The van der Waals surface area contributed by atoms with E-state index in [4.69, 9.17) is 0 Å². The molecule has 3 rings (SSSR count). The van der Waals surface area contributed by atoms with Crippen LogP contribution in [-0.4, -0.2) is 76.7 Å². The molecular weight excluding hydrogens is 416 g/mol. The molecule has 1 saturated heterocycles. The number of hydrogen-bond acceptors (Lipinski definition) is 7. The molecule has 1 aliphatic heterocycles. The Morgan fingerprint density at radius 1 is 1.13 bits per heavy atom. The summed E-state index contributed by atoms with van der Waals surface area (Å²) in [6.45, 7) is 9.81. The molecule has 0 bridgehead atoms. The van der Waals surface area contributed by atoms with Crippen molar-refractivity contribution in [1.29, 1.82) is 0 Å². The van der Waals surface area contributed by atoms with Gasteiger partial charge in [-0.2, -0.15) is 5.10 Å². The number of piperidine rings is 1. The van der Waals surface area contributed by atoms with E-state index in [2.05, 4.69) is 25.3 Å². The fraction of sp³-hybridized carbons (Fsp3) is 0.619. The van der Waals surface area contributed by atoms with Gasteiger partial charge in [0.25, 0.3) is 5.95 Å². The van der Waals surface area contributed by atoms with Crippen LogP contribution in [0.3, 0.4) is 0 Å². The van der Waals surface area contributed by atoms with E-state index in [9.17, 15) is 13.2 Å². The molecule has 170 valence electrons. The van der Waals surface area contributed by atoms with Gasteiger partial charge >= 0.3 is 0 Å². The molecule has 0 unspecified atom stereocenters. The summed E-state index contributed by atoms with van der Waals surface area (Å²) < 4.78 is 24.4. The van der Waals surface area contributed by atoms with Crippen LogP contribution in [-0.2, 0) is 21.1 Å². The van der Waals surface area contributed by atoms with Crippen molar-refractivity contribution in [2.24, 2.45) is 0 Å².